The van der Waals surface area contributed by atoms with Crippen molar-refractivity contribution in [2.45, 2.75) is 19.0 Å². The van der Waals surface area contributed by atoms with Crippen LogP contribution in [0.1, 0.15) is 28.4 Å². The predicted octanol–water partition coefficient (Wildman–Crippen LogP) is 2.30. The van der Waals surface area contributed by atoms with Gasteiger partial charge < -0.3 is 16.0 Å². The van der Waals surface area contributed by atoms with Gasteiger partial charge in [0.05, 0.1) is 0 Å². The van der Waals surface area contributed by atoms with Gasteiger partial charge in [0, 0.05) is 26.2 Å². The molecular weight excluding hydrogens is 338 g/mol. The molecule has 6 heteroatoms. The number of halogens is 1. The lowest BCUT2D eigenvalue weighted by molar-refractivity contribution is -0.126. The molecule has 2 aromatic carbocycles. The molecule has 0 fully saturated rings. The molecule has 0 spiro atoms. The molecule has 0 saturated heterocycles. The monoisotopic (exact) mass is 361 g/mol. The van der Waals surface area contributed by atoms with E-state index in [2.05, 4.69) is 5.32 Å². The molecule has 0 aliphatic heterocycles. The zero-order valence-corrected chi connectivity index (χ0v) is 15.5. The second-order valence-electron chi connectivity index (χ2n) is 6.15. The van der Waals surface area contributed by atoms with Crippen LogP contribution in [-0.2, 0) is 16.9 Å². The van der Waals surface area contributed by atoms with E-state index in [1.165, 1.54) is 4.90 Å². The summed E-state index contributed by atoms with van der Waals surface area (Å²) in [6.45, 7) is 2.05. The third kappa shape index (κ3) is 5.05. The van der Waals surface area contributed by atoms with E-state index >= 15 is 0 Å². The largest absolute Gasteiger partial charge is 0.350 e. The molecule has 0 bridgehead atoms. The number of benzene rings is 2. The van der Waals surface area contributed by atoms with Gasteiger partial charge in [-0.2, -0.15) is 0 Å². The standard InChI is InChI=1S/C19H23N3O2.ClH/c1-19(20,16-7-5-4-6-8-16)18(24)21-13-14-9-11-15(12-10-14)17(23)22(2)3;/h4-12H,13,20H2,1-3H3,(H,21,24);1H. The highest BCUT2D eigenvalue weighted by Gasteiger charge is 2.29. The maximum Gasteiger partial charge on any atom is 0.253 e. The molecular formula is C19H24ClN3O2. The van der Waals surface area contributed by atoms with Gasteiger partial charge in [-0.25, -0.2) is 0 Å². The third-order valence-electron chi connectivity index (χ3n) is 3.91. The highest BCUT2D eigenvalue weighted by molar-refractivity contribution is 5.93. The van der Waals surface area contributed by atoms with Gasteiger partial charge in [0.15, 0.2) is 0 Å². The topological polar surface area (TPSA) is 75.4 Å². The Labute approximate surface area is 154 Å². The van der Waals surface area contributed by atoms with Crippen LogP contribution in [0.4, 0.5) is 0 Å². The van der Waals surface area contributed by atoms with Gasteiger partial charge in [-0.1, -0.05) is 42.5 Å². The average Bonchev–Trinajstić information content (AvgIpc) is 2.60. The summed E-state index contributed by atoms with van der Waals surface area (Å²) >= 11 is 0. The minimum atomic E-state index is -1.10. The van der Waals surface area contributed by atoms with Crippen molar-refractivity contribution in [3.63, 3.8) is 0 Å². The van der Waals surface area contributed by atoms with Crippen molar-refractivity contribution in [2.75, 3.05) is 14.1 Å². The van der Waals surface area contributed by atoms with Crippen LogP contribution < -0.4 is 11.1 Å². The lowest BCUT2D eigenvalue weighted by atomic mass is 9.92. The molecule has 1 unspecified atom stereocenters. The van der Waals surface area contributed by atoms with Gasteiger partial charge in [-0.3, -0.25) is 9.59 Å². The van der Waals surface area contributed by atoms with E-state index in [-0.39, 0.29) is 24.2 Å². The first kappa shape index (κ1) is 20.7. The predicted molar refractivity (Wildman–Crippen MR) is 102 cm³/mol. The van der Waals surface area contributed by atoms with E-state index in [9.17, 15) is 9.59 Å². The van der Waals surface area contributed by atoms with Crippen LogP contribution in [-0.4, -0.2) is 30.8 Å². The van der Waals surface area contributed by atoms with E-state index in [1.54, 1.807) is 33.2 Å². The fourth-order valence-corrected chi connectivity index (χ4v) is 2.30. The second kappa shape index (κ2) is 8.65. The van der Waals surface area contributed by atoms with Gasteiger partial charge in [-0.15, -0.1) is 12.4 Å². The average molecular weight is 362 g/mol. The Balaban J connectivity index is 0.00000312. The SMILES string of the molecule is CN(C)C(=O)c1ccc(CNC(=O)C(C)(N)c2ccccc2)cc1.Cl. The van der Waals surface area contributed by atoms with E-state index in [0.29, 0.717) is 12.1 Å². The molecule has 134 valence electrons. The summed E-state index contributed by atoms with van der Waals surface area (Å²) in [5.41, 5.74) is 7.36. The summed E-state index contributed by atoms with van der Waals surface area (Å²) in [6, 6.07) is 16.4. The Hall–Kier alpha value is -2.37. The quantitative estimate of drug-likeness (QED) is 0.858. The summed E-state index contributed by atoms with van der Waals surface area (Å²) in [4.78, 5) is 25.8. The molecule has 0 heterocycles. The molecule has 1 atom stereocenters. The Morgan fingerprint density at radius 3 is 2.12 bits per heavy atom. The molecule has 0 saturated carbocycles. The Morgan fingerprint density at radius 2 is 1.60 bits per heavy atom. The number of hydrogen-bond acceptors (Lipinski definition) is 3. The van der Waals surface area contributed by atoms with E-state index < -0.39 is 5.54 Å². The first-order valence-electron chi connectivity index (χ1n) is 7.75. The molecule has 0 radical (unpaired) electrons. The van der Waals surface area contributed by atoms with Crippen molar-refractivity contribution in [3.05, 3.63) is 71.3 Å². The van der Waals surface area contributed by atoms with Crippen LogP contribution in [0.25, 0.3) is 0 Å². The zero-order chi connectivity index (χ0) is 17.7. The highest BCUT2D eigenvalue weighted by atomic mass is 35.5. The molecule has 25 heavy (non-hydrogen) atoms. The minimum Gasteiger partial charge on any atom is -0.350 e. The number of nitrogens with one attached hydrogen (secondary N) is 1. The molecule has 0 aliphatic carbocycles. The second-order valence-corrected chi connectivity index (χ2v) is 6.15. The summed E-state index contributed by atoms with van der Waals surface area (Å²) in [6.07, 6.45) is 0. The van der Waals surface area contributed by atoms with Gasteiger partial charge in [0.1, 0.15) is 5.54 Å². The molecule has 5 nitrogen and oxygen atoms in total. The van der Waals surface area contributed by atoms with Gasteiger partial charge in [0.2, 0.25) is 5.91 Å². The molecule has 0 aliphatic rings. The number of rotatable bonds is 5. The van der Waals surface area contributed by atoms with Crippen molar-refractivity contribution >= 4 is 24.2 Å². The van der Waals surface area contributed by atoms with Crippen LogP contribution in [0.15, 0.2) is 54.6 Å². The van der Waals surface area contributed by atoms with Crippen molar-refractivity contribution in [3.8, 4) is 0 Å². The maximum absolute atomic E-state index is 12.4. The summed E-state index contributed by atoms with van der Waals surface area (Å²) in [7, 11) is 3.42. The van der Waals surface area contributed by atoms with E-state index in [1.807, 2.05) is 42.5 Å². The van der Waals surface area contributed by atoms with Gasteiger partial charge >= 0.3 is 0 Å². The summed E-state index contributed by atoms with van der Waals surface area (Å²) < 4.78 is 0. The first-order chi connectivity index (χ1) is 11.3. The molecule has 3 N–H and O–H groups in total. The van der Waals surface area contributed by atoms with Gasteiger partial charge in [0.25, 0.3) is 5.91 Å². The molecule has 2 aromatic rings. The highest BCUT2D eigenvalue weighted by Crippen LogP contribution is 2.17. The zero-order valence-electron chi connectivity index (χ0n) is 14.7. The Bertz CT molecular complexity index is 713. The van der Waals surface area contributed by atoms with Crippen molar-refractivity contribution in [1.29, 1.82) is 0 Å². The smallest absolute Gasteiger partial charge is 0.253 e. The fourth-order valence-electron chi connectivity index (χ4n) is 2.30. The number of amides is 2. The summed E-state index contributed by atoms with van der Waals surface area (Å²) in [5, 5.41) is 2.85. The number of nitrogens with zero attached hydrogens (tertiary/aromatic N) is 1. The van der Waals surface area contributed by atoms with Crippen molar-refractivity contribution in [1.82, 2.24) is 10.2 Å². The van der Waals surface area contributed by atoms with Crippen molar-refractivity contribution in [2.24, 2.45) is 5.73 Å². The van der Waals surface area contributed by atoms with Crippen LogP contribution >= 0.6 is 12.4 Å². The van der Waals surface area contributed by atoms with E-state index in [4.69, 9.17) is 5.73 Å². The Morgan fingerprint density at radius 1 is 1.04 bits per heavy atom. The lowest BCUT2D eigenvalue weighted by Gasteiger charge is -2.24. The Kier molecular flexibility index (Phi) is 7.15. The molecule has 2 amide bonds. The maximum atomic E-state index is 12.4. The van der Waals surface area contributed by atoms with Crippen LogP contribution in [0, 0.1) is 0 Å². The summed E-state index contributed by atoms with van der Waals surface area (Å²) in [5.74, 6) is -0.300. The first-order valence-corrected chi connectivity index (χ1v) is 7.75. The van der Waals surface area contributed by atoms with E-state index in [0.717, 1.165) is 11.1 Å². The van der Waals surface area contributed by atoms with Crippen molar-refractivity contribution < 1.29 is 9.59 Å². The van der Waals surface area contributed by atoms with Crippen LogP contribution in [0.3, 0.4) is 0 Å². The van der Waals surface area contributed by atoms with Crippen LogP contribution in [0.2, 0.25) is 0 Å². The van der Waals surface area contributed by atoms with Crippen LogP contribution in [0.5, 0.6) is 0 Å². The number of carbonyl (C=O) groups excluding carboxylic acids is 2. The normalized spacial score (nSPS) is 12.5. The molecule has 0 aromatic heterocycles. The number of carbonyl (C=O) groups is 2. The van der Waals surface area contributed by atoms with Gasteiger partial charge in [-0.05, 0) is 30.2 Å². The fraction of sp³-hybridized carbons (Fsp3) is 0.263. The number of nitrogens with two attached hydrogens (primary N) is 1. The molecule has 2 rings (SSSR count). The third-order valence-corrected chi connectivity index (χ3v) is 3.91. The minimum absolute atomic E-state index is 0. The number of hydrogen-bond donors (Lipinski definition) is 2. The lowest BCUT2D eigenvalue weighted by Crippen LogP contribution is -2.48.